The normalized spacial score (nSPS) is 15.4. The van der Waals surface area contributed by atoms with Gasteiger partial charge in [0.2, 0.25) is 0 Å². The molecule has 0 bridgehead atoms. The second kappa shape index (κ2) is 7.22. The molecule has 1 heterocycles. The van der Waals surface area contributed by atoms with E-state index in [0.717, 1.165) is 13.1 Å². The van der Waals surface area contributed by atoms with Gasteiger partial charge in [-0.2, -0.15) is 0 Å². The van der Waals surface area contributed by atoms with E-state index in [-0.39, 0.29) is 12.1 Å². The Kier molecular flexibility index (Phi) is 5.33. The maximum Gasteiger partial charge on any atom is 0.0794 e. The van der Waals surface area contributed by atoms with Crippen LogP contribution in [0.1, 0.15) is 31.0 Å². The van der Waals surface area contributed by atoms with Crippen LogP contribution in [0.5, 0.6) is 0 Å². The minimum atomic E-state index is -0.167. The van der Waals surface area contributed by atoms with Gasteiger partial charge in [0.05, 0.1) is 12.1 Å². The van der Waals surface area contributed by atoms with Gasteiger partial charge in [0.25, 0.3) is 0 Å². The van der Waals surface area contributed by atoms with Crippen LogP contribution in [0.25, 0.3) is 0 Å². The summed E-state index contributed by atoms with van der Waals surface area (Å²) in [6.07, 6.45) is -0.167. The highest BCUT2D eigenvalue weighted by molar-refractivity contribution is 5.32. The molecule has 0 saturated carbocycles. The zero-order valence-corrected chi connectivity index (χ0v) is 12.2. The van der Waals surface area contributed by atoms with E-state index in [1.807, 2.05) is 26.0 Å². The van der Waals surface area contributed by atoms with Gasteiger partial charge in [0, 0.05) is 13.1 Å². The molecule has 2 heteroatoms. The van der Waals surface area contributed by atoms with Crippen LogP contribution >= 0.6 is 0 Å². The molecular weight excluding hydrogens is 246 g/mol. The Morgan fingerprint density at radius 3 is 1.60 bits per heavy atom. The molecule has 1 aliphatic heterocycles. The van der Waals surface area contributed by atoms with Crippen molar-refractivity contribution in [1.82, 2.24) is 4.90 Å². The van der Waals surface area contributed by atoms with Crippen LogP contribution in [0.2, 0.25) is 0 Å². The SMILES string of the molecule is CC.OC1CN(C(c2ccccc2)c2ccccc2)C1. The van der Waals surface area contributed by atoms with Crippen molar-refractivity contribution in [1.29, 1.82) is 0 Å². The summed E-state index contributed by atoms with van der Waals surface area (Å²) >= 11 is 0. The largest absolute Gasteiger partial charge is 0.390 e. The maximum atomic E-state index is 9.52. The summed E-state index contributed by atoms with van der Waals surface area (Å²) in [5.41, 5.74) is 2.58. The van der Waals surface area contributed by atoms with Gasteiger partial charge in [0.15, 0.2) is 0 Å². The standard InChI is InChI=1S/C16H17NO.C2H6/c18-15-11-17(12-15)16(13-7-3-1-4-8-13)14-9-5-2-6-10-14;1-2/h1-10,15-16,18H,11-12H2;1-2H3. The van der Waals surface area contributed by atoms with Gasteiger partial charge in [0.1, 0.15) is 0 Å². The quantitative estimate of drug-likeness (QED) is 0.922. The zero-order valence-electron chi connectivity index (χ0n) is 12.2. The lowest BCUT2D eigenvalue weighted by atomic mass is 9.94. The topological polar surface area (TPSA) is 23.5 Å². The Morgan fingerprint density at radius 1 is 0.850 bits per heavy atom. The van der Waals surface area contributed by atoms with E-state index in [1.54, 1.807) is 0 Å². The van der Waals surface area contributed by atoms with Crippen molar-refractivity contribution >= 4 is 0 Å². The molecule has 0 spiro atoms. The predicted molar refractivity (Wildman–Crippen MR) is 83.7 cm³/mol. The molecule has 2 aromatic carbocycles. The highest BCUT2D eigenvalue weighted by Crippen LogP contribution is 2.31. The third-order valence-corrected chi connectivity index (χ3v) is 3.49. The average Bonchev–Trinajstić information content (AvgIpc) is 2.50. The Morgan fingerprint density at radius 2 is 1.25 bits per heavy atom. The molecule has 1 saturated heterocycles. The molecule has 20 heavy (non-hydrogen) atoms. The average molecular weight is 269 g/mol. The first-order valence-corrected chi connectivity index (χ1v) is 7.36. The first-order chi connectivity index (χ1) is 9.84. The Hall–Kier alpha value is -1.64. The first-order valence-electron chi connectivity index (χ1n) is 7.36. The molecule has 0 aliphatic carbocycles. The Bertz CT molecular complexity index is 452. The van der Waals surface area contributed by atoms with E-state index < -0.39 is 0 Å². The second-order valence-electron chi connectivity index (χ2n) is 4.83. The van der Waals surface area contributed by atoms with Crippen molar-refractivity contribution in [3.8, 4) is 0 Å². The number of aliphatic hydroxyl groups excluding tert-OH is 1. The Balaban J connectivity index is 0.000000704. The lowest BCUT2D eigenvalue weighted by Crippen LogP contribution is -2.52. The number of nitrogens with zero attached hydrogens (tertiary/aromatic N) is 1. The van der Waals surface area contributed by atoms with Crippen molar-refractivity contribution in [2.45, 2.75) is 26.0 Å². The van der Waals surface area contributed by atoms with Gasteiger partial charge in [-0.15, -0.1) is 0 Å². The molecule has 3 rings (SSSR count). The van der Waals surface area contributed by atoms with Gasteiger partial charge in [-0.05, 0) is 11.1 Å². The fourth-order valence-electron chi connectivity index (χ4n) is 2.58. The van der Waals surface area contributed by atoms with E-state index in [9.17, 15) is 5.11 Å². The Labute approximate surface area is 121 Å². The minimum absolute atomic E-state index is 0.167. The van der Waals surface area contributed by atoms with Gasteiger partial charge in [-0.25, -0.2) is 0 Å². The molecule has 0 aromatic heterocycles. The number of aliphatic hydroxyl groups is 1. The van der Waals surface area contributed by atoms with Crippen LogP contribution in [0.4, 0.5) is 0 Å². The number of likely N-dealkylation sites (tertiary alicyclic amines) is 1. The highest BCUT2D eigenvalue weighted by atomic mass is 16.3. The van der Waals surface area contributed by atoms with Crippen molar-refractivity contribution < 1.29 is 5.11 Å². The number of β-amino-alcohol motifs (C(OH)–C–C–N with tert-alkyl or cyclic N) is 1. The predicted octanol–water partition coefficient (Wildman–Crippen LogP) is 3.48. The smallest absolute Gasteiger partial charge is 0.0794 e. The third kappa shape index (κ3) is 3.27. The fraction of sp³-hybridized carbons (Fsp3) is 0.333. The summed E-state index contributed by atoms with van der Waals surface area (Å²) in [4.78, 5) is 2.31. The minimum Gasteiger partial charge on any atom is -0.390 e. The van der Waals surface area contributed by atoms with Crippen molar-refractivity contribution in [3.05, 3.63) is 71.8 Å². The van der Waals surface area contributed by atoms with E-state index in [0.29, 0.717) is 0 Å². The van der Waals surface area contributed by atoms with Gasteiger partial charge in [-0.3, -0.25) is 4.90 Å². The fourth-order valence-corrected chi connectivity index (χ4v) is 2.58. The molecule has 2 nitrogen and oxygen atoms in total. The summed E-state index contributed by atoms with van der Waals surface area (Å²) in [5.74, 6) is 0. The molecule has 1 fully saturated rings. The molecule has 0 unspecified atom stereocenters. The van der Waals surface area contributed by atoms with E-state index in [2.05, 4.69) is 53.4 Å². The van der Waals surface area contributed by atoms with E-state index in [4.69, 9.17) is 0 Å². The molecular formula is C18H23NO. The monoisotopic (exact) mass is 269 g/mol. The van der Waals surface area contributed by atoms with Crippen LogP contribution in [0.15, 0.2) is 60.7 Å². The molecule has 2 aromatic rings. The summed E-state index contributed by atoms with van der Waals surface area (Å²) in [6, 6.07) is 21.2. The third-order valence-electron chi connectivity index (χ3n) is 3.49. The molecule has 0 radical (unpaired) electrons. The molecule has 1 aliphatic rings. The number of rotatable bonds is 3. The number of hydrogen-bond acceptors (Lipinski definition) is 2. The van der Waals surface area contributed by atoms with Gasteiger partial charge >= 0.3 is 0 Å². The highest BCUT2D eigenvalue weighted by Gasteiger charge is 2.32. The first kappa shape index (κ1) is 14.8. The lowest BCUT2D eigenvalue weighted by Gasteiger charge is -2.42. The van der Waals surface area contributed by atoms with Crippen LogP contribution in [-0.2, 0) is 0 Å². The summed E-state index contributed by atoms with van der Waals surface area (Å²) in [5, 5.41) is 9.52. The van der Waals surface area contributed by atoms with Gasteiger partial charge < -0.3 is 5.11 Å². The van der Waals surface area contributed by atoms with Crippen LogP contribution < -0.4 is 0 Å². The molecule has 1 N–H and O–H groups in total. The number of hydrogen-bond donors (Lipinski definition) is 1. The summed E-state index contributed by atoms with van der Waals surface area (Å²) in [7, 11) is 0. The maximum absolute atomic E-state index is 9.52. The number of benzene rings is 2. The zero-order chi connectivity index (χ0) is 14.4. The van der Waals surface area contributed by atoms with Crippen LogP contribution in [0, 0.1) is 0 Å². The van der Waals surface area contributed by atoms with Crippen molar-refractivity contribution in [2.24, 2.45) is 0 Å². The van der Waals surface area contributed by atoms with Crippen LogP contribution in [-0.4, -0.2) is 29.2 Å². The molecule has 0 atom stereocenters. The molecule has 0 amide bonds. The summed E-state index contributed by atoms with van der Waals surface area (Å²) in [6.45, 7) is 5.52. The summed E-state index contributed by atoms with van der Waals surface area (Å²) < 4.78 is 0. The van der Waals surface area contributed by atoms with E-state index in [1.165, 1.54) is 11.1 Å². The van der Waals surface area contributed by atoms with Crippen molar-refractivity contribution in [2.75, 3.05) is 13.1 Å². The second-order valence-corrected chi connectivity index (χ2v) is 4.83. The lowest BCUT2D eigenvalue weighted by molar-refractivity contribution is -0.0160. The van der Waals surface area contributed by atoms with Gasteiger partial charge in [-0.1, -0.05) is 74.5 Å². The van der Waals surface area contributed by atoms with Crippen LogP contribution in [0.3, 0.4) is 0 Å². The van der Waals surface area contributed by atoms with E-state index >= 15 is 0 Å². The van der Waals surface area contributed by atoms with Crippen molar-refractivity contribution in [3.63, 3.8) is 0 Å². The molecule has 106 valence electrons.